The van der Waals surface area contributed by atoms with Crippen molar-refractivity contribution in [3.8, 4) is 0 Å². The van der Waals surface area contributed by atoms with E-state index in [-0.39, 0.29) is 18.4 Å². The van der Waals surface area contributed by atoms with E-state index in [1.807, 2.05) is 24.3 Å². The first kappa shape index (κ1) is 13.7. The molecule has 1 aromatic carbocycles. The zero-order valence-corrected chi connectivity index (χ0v) is 10.3. The van der Waals surface area contributed by atoms with Crippen molar-refractivity contribution in [2.45, 2.75) is 26.0 Å². The van der Waals surface area contributed by atoms with Crippen molar-refractivity contribution < 1.29 is 14.3 Å². The van der Waals surface area contributed by atoms with Gasteiger partial charge in [-0.25, -0.2) is 0 Å². The van der Waals surface area contributed by atoms with Crippen molar-refractivity contribution in [3.05, 3.63) is 35.4 Å². The molecule has 0 radical (unpaired) electrons. The van der Waals surface area contributed by atoms with Gasteiger partial charge in [-0.05, 0) is 18.1 Å². The summed E-state index contributed by atoms with van der Waals surface area (Å²) in [5.41, 5.74) is 7.92. The number of nitrogens with two attached hydrogens (primary N) is 1. The molecule has 0 unspecified atom stereocenters. The molecule has 17 heavy (non-hydrogen) atoms. The smallest absolute Gasteiger partial charge is 0.307 e. The Morgan fingerprint density at radius 1 is 1.47 bits per heavy atom. The molecular weight excluding hydrogens is 218 g/mol. The van der Waals surface area contributed by atoms with Gasteiger partial charge in [0.25, 0.3) is 0 Å². The molecule has 1 aromatic rings. The summed E-state index contributed by atoms with van der Waals surface area (Å²) in [5, 5.41) is 0. The van der Waals surface area contributed by atoms with E-state index in [4.69, 9.17) is 15.2 Å². The van der Waals surface area contributed by atoms with E-state index in [0.717, 1.165) is 11.1 Å². The van der Waals surface area contributed by atoms with Gasteiger partial charge in [0.05, 0.1) is 19.6 Å². The Morgan fingerprint density at radius 2 is 2.24 bits per heavy atom. The summed E-state index contributed by atoms with van der Waals surface area (Å²) in [6.45, 7) is 2.71. The second-order valence-electron chi connectivity index (χ2n) is 3.79. The molecule has 0 aliphatic carbocycles. The van der Waals surface area contributed by atoms with Crippen LogP contribution in [0.25, 0.3) is 0 Å². The SMILES string of the molecule is CCOC(=O)C[C@H](N)c1cccc(COC)c1. The lowest BCUT2D eigenvalue weighted by atomic mass is 10.0. The molecule has 0 fully saturated rings. The third-order valence-corrected chi connectivity index (χ3v) is 2.38. The molecule has 94 valence electrons. The molecule has 0 amide bonds. The zero-order valence-electron chi connectivity index (χ0n) is 10.3. The zero-order chi connectivity index (χ0) is 12.7. The summed E-state index contributed by atoms with van der Waals surface area (Å²) < 4.78 is 9.92. The Bertz CT molecular complexity index is 365. The topological polar surface area (TPSA) is 61.5 Å². The maximum atomic E-state index is 11.3. The van der Waals surface area contributed by atoms with Crippen LogP contribution >= 0.6 is 0 Å². The van der Waals surface area contributed by atoms with Gasteiger partial charge < -0.3 is 15.2 Å². The maximum absolute atomic E-state index is 11.3. The fourth-order valence-corrected chi connectivity index (χ4v) is 1.60. The van der Waals surface area contributed by atoms with Gasteiger partial charge in [-0.1, -0.05) is 24.3 Å². The second kappa shape index (κ2) is 7.04. The highest BCUT2D eigenvalue weighted by Gasteiger charge is 2.12. The van der Waals surface area contributed by atoms with E-state index in [1.165, 1.54) is 0 Å². The van der Waals surface area contributed by atoms with Crippen LogP contribution < -0.4 is 5.73 Å². The van der Waals surface area contributed by atoms with Gasteiger partial charge in [0.15, 0.2) is 0 Å². The highest BCUT2D eigenvalue weighted by atomic mass is 16.5. The van der Waals surface area contributed by atoms with Crippen LogP contribution in [-0.2, 0) is 20.9 Å². The molecule has 0 saturated carbocycles. The number of esters is 1. The molecule has 4 nitrogen and oxygen atoms in total. The molecule has 0 bridgehead atoms. The quantitative estimate of drug-likeness (QED) is 0.766. The van der Waals surface area contributed by atoms with Crippen molar-refractivity contribution >= 4 is 5.97 Å². The molecular formula is C13H19NO3. The van der Waals surface area contributed by atoms with Crippen molar-refractivity contribution in [1.29, 1.82) is 0 Å². The van der Waals surface area contributed by atoms with E-state index in [1.54, 1.807) is 14.0 Å². The highest BCUT2D eigenvalue weighted by Crippen LogP contribution is 2.16. The largest absolute Gasteiger partial charge is 0.466 e. The molecule has 1 rings (SSSR count). The van der Waals surface area contributed by atoms with Gasteiger partial charge in [0, 0.05) is 13.2 Å². The molecule has 0 saturated heterocycles. The van der Waals surface area contributed by atoms with Gasteiger partial charge in [-0.15, -0.1) is 0 Å². The van der Waals surface area contributed by atoms with E-state index in [0.29, 0.717) is 13.2 Å². The van der Waals surface area contributed by atoms with Crippen molar-refractivity contribution in [2.24, 2.45) is 5.73 Å². The van der Waals surface area contributed by atoms with Crippen LogP contribution in [0.5, 0.6) is 0 Å². The second-order valence-corrected chi connectivity index (χ2v) is 3.79. The number of carbonyl (C=O) groups is 1. The van der Waals surface area contributed by atoms with Crippen LogP contribution in [0.15, 0.2) is 24.3 Å². The molecule has 1 atom stereocenters. The molecule has 0 spiro atoms. The summed E-state index contributed by atoms with van der Waals surface area (Å²) in [4.78, 5) is 11.3. The summed E-state index contributed by atoms with van der Waals surface area (Å²) in [7, 11) is 1.64. The fourth-order valence-electron chi connectivity index (χ4n) is 1.60. The lowest BCUT2D eigenvalue weighted by molar-refractivity contribution is -0.143. The van der Waals surface area contributed by atoms with Crippen LogP contribution in [0.4, 0.5) is 0 Å². The van der Waals surface area contributed by atoms with Crippen LogP contribution in [0, 0.1) is 0 Å². The monoisotopic (exact) mass is 237 g/mol. The molecule has 0 aliphatic heterocycles. The summed E-state index contributed by atoms with van der Waals surface area (Å²) in [6.07, 6.45) is 0.199. The normalized spacial score (nSPS) is 12.2. The number of methoxy groups -OCH3 is 1. The minimum Gasteiger partial charge on any atom is -0.466 e. The van der Waals surface area contributed by atoms with Crippen LogP contribution in [0.2, 0.25) is 0 Å². The summed E-state index contributed by atoms with van der Waals surface area (Å²) in [6, 6.07) is 7.40. The number of hydrogen-bond acceptors (Lipinski definition) is 4. The maximum Gasteiger partial charge on any atom is 0.307 e. The Hall–Kier alpha value is -1.39. The summed E-state index contributed by atoms with van der Waals surface area (Å²) in [5.74, 6) is -0.267. The highest BCUT2D eigenvalue weighted by molar-refractivity contribution is 5.70. The van der Waals surface area contributed by atoms with Crippen LogP contribution in [-0.4, -0.2) is 19.7 Å². The van der Waals surface area contributed by atoms with Crippen LogP contribution in [0.3, 0.4) is 0 Å². The summed E-state index contributed by atoms with van der Waals surface area (Å²) >= 11 is 0. The number of carbonyl (C=O) groups excluding carboxylic acids is 1. The molecule has 0 heterocycles. The third-order valence-electron chi connectivity index (χ3n) is 2.38. The number of hydrogen-bond donors (Lipinski definition) is 1. The Balaban J connectivity index is 2.64. The van der Waals surface area contributed by atoms with Gasteiger partial charge in [-0.2, -0.15) is 0 Å². The van der Waals surface area contributed by atoms with Crippen molar-refractivity contribution in [3.63, 3.8) is 0 Å². The van der Waals surface area contributed by atoms with E-state index in [2.05, 4.69) is 0 Å². The van der Waals surface area contributed by atoms with Crippen molar-refractivity contribution in [2.75, 3.05) is 13.7 Å². The first-order valence-corrected chi connectivity index (χ1v) is 5.66. The van der Waals surface area contributed by atoms with Gasteiger partial charge in [0.1, 0.15) is 0 Å². The molecule has 0 aromatic heterocycles. The van der Waals surface area contributed by atoms with E-state index < -0.39 is 0 Å². The third kappa shape index (κ3) is 4.54. The first-order valence-electron chi connectivity index (χ1n) is 5.66. The molecule has 4 heteroatoms. The van der Waals surface area contributed by atoms with Crippen LogP contribution in [0.1, 0.15) is 30.5 Å². The average molecular weight is 237 g/mol. The fraction of sp³-hybridized carbons (Fsp3) is 0.462. The molecule has 0 aliphatic rings. The minimum absolute atomic E-state index is 0.199. The Morgan fingerprint density at radius 3 is 2.88 bits per heavy atom. The predicted molar refractivity (Wildman–Crippen MR) is 65.3 cm³/mol. The Kier molecular flexibility index (Phi) is 5.66. The van der Waals surface area contributed by atoms with Crippen molar-refractivity contribution in [1.82, 2.24) is 0 Å². The van der Waals surface area contributed by atoms with Gasteiger partial charge >= 0.3 is 5.97 Å². The van der Waals surface area contributed by atoms with E-state index in [9.17, 15) is 4.79 Å². The number of rotatable bonds is 6. The lowest BCUT2D eigenvalue weighted by Gasteiger charge is -2.12. The molecule has 2 N–H and O–H groups in total. The number of ether oxygens (including phenoxy) is 2. The van der Waals surface area contributed by atoms with Gasteiger partial charge in [0.2, 0.25) is 0 Å². The predicted octanol–water partition coefficient (Wildman–Crippen LogP) is 1.79. The van der Waals surface area contributed by atoms with Gasteiger partial charge in [-0.3, -0.25) is 4.79 Å². The average Bonchev–Trinajstić information content (AvgIpc) is 2.30. The first-order chi connectivity index (χ1) is 8.17. The Labute approximate surface area is 102 Å². The minimum atomic E-state index is -0.328. The van der Waals surface area contributed by atoms with E-state index >= 15 is 0 Å². The standard InChI is InChI=1S/C13H19NO3/c1-3-17-13(15)8-12(14)11-6-4-5-10(7-11)9-16-2/h4-7,12H,3,8-9,14H2,1-2H3/t12-/m0/s1. The number of benzene rings is 1. The lowest BCUT2D eigenvalue weighted by Crippen LogP contribution is -2.17.